The number of benzene rings is 2. The molecular formula is C17H18ClF2N2+. The minimum Gasteiger partial charge on any atom is -0.360 e. The highest BCUT2D eigenvalue weighted by atomic mass is 35.5. The van der Waals surface area contributed by atoms with Crippen molar-refractivity contribution in [3.8, 4) is 0 Å². The van der Waals surface area contributed by atoms with Gasteiger partial charge in [-0.15, -0.1) is 0 Å². The molecule has 2 aromatic rings. The van der Waals surface area contributed by atoms with Gasteiger partial charge in [0.2, 0.25) is 0 Å². The van der Waals surface area contributed by atoms with Crippen LogP contribution >= 0.6 is 11.6 Å². The lowest BCUT2D eigenvalue weighted by molar-refractivity contribution is -0.914. The molecule has 2 aromatic carbocycles. The highest BCUT2D eigenvalue weighted by molar-refractivity contribution is 6.30. The molecule has 1 aliphatic heterocycles. The predicted molar refractivity (Wildman–Crippen MR) is 84.4 cm³/mol. The van der Waals surface area contributed by atoms with Crippen LogP contribution in [0.3, 0.4) is 0 Å². The van der Waals surface area contributed by atoms with Gasteiger partial charge in [-0.25, -0.2) is 8.78 Å². The fourth-order valence-electron chi connectivity index (χ4n) is 2.84. The fraction of sp³-hybridized carbons (Fsp3) is 0.294. The lowest BCUT2D eigenvalue weighted by Crippen LogP contribution is -3.13. The van der Waals surface area contributed by atoms with Crippen LogP contribution in [-0.4, -0.2) is 26.2 Å². The Bertz CT molecular complexity index is 638. The minimum atomic E-state index is -0.524. The number of anilines is 1. The molecule has 0 bridgehead atoms. The van der Waals surface area contributed by atoms with Crippen LogP contribution in [0.1, 0.15) is 5.56 Å². The van der Waals surface area contributed by atoms with Gasteiger partial charge in [0.1, 0.15) is 18.2 Å². The lowest BCUT2D eigenvalue weighted by Gasteiger charge is -2.33. The van der Waals surface area contributed by atoms with Crippen molar-refractivity contribution in [3.05, 3.63) is 64.7 Å². The molecule has 0 unspecified atom stereocenters. The van der Waals surface area contributed by atoms with E-state index in [0.717, 1.165) is 43.0 Å². The van der Waals surface area contributed by atoms with E-state index in [0.29, 0.717) is 12.1 Å². The molecule has 0 atom stereocenters. The molecule has 1 fully saturated rings. The monoisotopic (exact) mass is 323 g/mol. The summed E-state index contributed by atoms with van der Waals surface area (Å²) in [6, 6.07) is 11.7. The Balaban J connectivity index is 1.58. The SMILES string of the molecule is Fc1ccc(C[NH+]2CCN(c3ccc(Cl)cc3)CC2)c(F)c1. The second-order valence-corrected chi connectivity index (χ2v) is 6.06. The first kappa shape index (κ1) is 15.3. The molecule has 116 valence electrons. The Morgan fingerprint density at radius 2 is 1.68 bits per heavy atom. The van der Waals surface area contributed by atoms with E-state index in [2.05, 4.69) is 4.90 Å². The third kappa shape index (κ3) is 3.57. The summed E-state index contributed by atoms with van der Waals surface area (Å²) in [5.41, 5.74) is 1.74. The van der Waals surface area contributed by atoms with Crippen molar-refractivity contribution in [2.45, 2.75) is 6.54 Å². The Labute approximate surface area is 133 Å². The normalized spacial score (nSPS) is 16.0. The van der Waals surface area contributed by atoms with Gasteiger partial charge >= 0.3 is 0 Å². The highest BCUT2D eigenvalue weighted by Gasteiger charge is 2.21. The molecule has 0 amide bonds. The highest BCUT2D eigenvalue weighted by Crippen LogP contribution is 2.17. The van der Waals surface area contributed by atoms with Gasteiger partial charge in [0, 0.05) is 22.3 Å². The summed E-state index contributed by atoms with van der Waals surface area (Å²) in [6.07, 6.45) is 0. The molecule has 5 heteroatoms. The Hall–Kier alpha value is -1.65. The first-order chi connectivity index (χ1) is 10.6. The van der Waals surface area contributed by atoms with Crippen LogP contribution in [0, 0.1) is 11.6 Å². The maximum atomic E-state index is 13.7. The van der Waals surface area contributed by atoms with Crippen molar-refractivity contribution in [2.75, 3.05) is 31.1 Å². The number of nitrogens with one attached hydrogen (secondary N) is 1. The molecule has 0 spiro atoms. The van der Waals surface area contributed by atoms with E-state index in [4.69, 9.17) is 11.6 Å². The summed E-state index contributed by atoms with van der Waals surface area (Å²) < 4.78 is 26.6. The summed E-state index contributed by atoms with van der Waals surface area (Å²) in [4.78, 5) is 3.62. The van der Waals surface area contributed by atoms with Gasteiger partial charge in [-0.3, -0.25) is 0 Å². The topological polar surface area (TPSA) is 7.68 Å². The minimum absolute atomic E-state index is 0.451. The number of nitrogens with zero attached hydrogens (tertiary/aromatic N) is 1. The van der Waals surface area contributed by atoms with Crippen LogP contribution in [0.25, 0.3) is 0 Å². The third-order valence-corrected chi connectivity index (χ3v) is 4.37. The van der Waals surface area contributed by atoms with Crippen molar-refractivity contribution in [1.82, 2.24) is 0 Å². The van der Waals surface area contributed by atoms with Crippen LogP contribution in [0.15, 0.2) is 42.5 Å². The number of halogens is 3. The van der Waals surface area contributed by atoms with Gasteiger partial charge in [0.05, 0.1) is 26.2 Å². The molecule has 0 aliphatic carbocycles. The number of rotatable bonds is 3. The van der Waals surface area contributed by atoms with Crippen LogP contribution in [-0.2, 0) is 6.54 Å². The maximum absolute atomic E-state index is 13.7. The molecule has 1 N–H and O–H groups in total. The fourth-order valence-corrected chi connectivity index (χ4v) is 2.97. The van der Waals surface area contributed by atoms with Crippen molar-refractivity contribution < 1.29 is 13.7 Å². The molecule has 1 aliphatic rings. The zero-order valence-corrected chi connectivity index (χ0v) is 12.9. The van der Waals surface area contributed by atoms with E-state index < -0.39 is 11.6 Å². The van der Waals surface area contributed by atoms with E-state index in [-0.39, 0.29) is 0 Å². The number of hydrogen-bond acceptors (Lipinski definition) is 1. The molecule has 1 saturated heterocycles. The molecule has 0 aromatic heterocycles. The second-order valence-electron chi connectivity index (χ2n) is 5.63. The van der Waals surface area contributed by atoms with E-state index in [9.17, 15) is 8.78 Å². The van der Waals surface area contributed by atoms with Crippen LogP contribution in [0.2, 0.25) is 5.02 Å². The van der Waals surface area contributed by atoms with Crippen molar-refractivity contribution in [1.29, 1.82) is 0 Å². The maximum Gasteiger partial charge on any atom is 0.134 e. The predicted octanol–water partition coefficient (Wildman–Crippen LogP) is 2.52. The van der Waals surface area contributed by atoms with E-state index in [1.807, 2.05) is 24.3 Å². The Kier molecular flexibility index (Phi) is 4.60. The van der Waals surface area contributed by atoms with Crippen LogP contribution in [0.5, 0.6) is 0 Å². The summed E-state index contributed by atoms with van der Waals surface area (Å²) in [5.74, 6) is -0.976. The Morgan fingerprint density at radius 1 is 1.00 bits per heavy atom. The number of hydrogen-bond donors (Lipinski definition) is 1. The average Bonchev–Trinajstić information content (AvgIpc) is 2.52. The molecule has 3 rings (SSSR count). The van der Waals surface area contributed by atoms with Crippen molar-refractivity contribution >= 4 is 17.3 Å². The van der Waals surface area contributed by atoms with Crippen molar-refractivity contribution in [3.63, 3.8) is 0 Å². The lowest BCUT2D eigenvalue weighted by atomic mass is 10.1. The summed E-state index contributed by atoms with van der Waals surface area (Å²) in [6.45, 7) is 4.29. The summed E-state index contributed by atoms with van der Waals surface area (Å²) >= 11 is 5.91. The van der Waals surface area contributed by atoms with Gasteiger partial charge in [-0.1, -0.05) is 11.6 Å². The first-order valence-electron chi connectivity index (χ1n) is 7.40. The van der Waals surface area contributed by atoms with E-state index in [1.54, 1.807) is 6.07 Å². The van der Waals surface area contributed by atoms with Gasteiger partial charge < -0.3 is 9.80 Å². The number of quaternary nitrogens is 1. The molecule has 0 radical (unpaired) electrons. The molecule has 0 saturated carbocycles. The average molecular weight is 324 g/mol. The summed E-state index contributed by atoms with van der Waals surface area (Å²) in [5, 5.41) is 0.736. The van der Waals surface area contributed by atoms with E-state index in [1.165, 1.54) is 11.0 Å². The largest absolute Gasteiger partial charge is 0.360 e. The standard InChI is InChI=1S/C17H17ClF2N2/c18-14-2-5-16(6-3-14)22-9-7-21(8-10-22)12-13-1-4-15(19)11-17(13)20/h1-6,11H,7-10,12H2/p+1. The van der Waals surface area contributed by atoms with Gasteiger partial charge in [0.25, 0.3) is 0 Å². The smallest absolute Gasteiger partial charge is 0.134 e. The van der Waals surface area contributed by atoms with Gasteiger partial charge in [0.15, 0.2) is 0 Å². The molecule has 2 nitrogen and oxygen atoms in total. The van der Waals surface area contributed by atoms with Crippen LogP contribution in [0.4, 0.5) is 14.5 Å². The quantitative estimate of drug-likeness (QED) is 0.912. The second kappa shape index (κ2) is 6.63. The van der Waals surface area contributed by atoms with Gasteiger partial charge in [-0.05, 0) is 36.4 Å². The summed E-state index contributed by atoms with van der Waals surface area (Å²) in [7, 11) is 0. The third-order valence-electron chi connectivity index (χ3n) is 4.12. The molecular weight excluding hydrogens is 306 g/mol. The van der Waals surface area contributed by atoms with Crippen molar-refractivity contribution in [2.24, 2.45) is 0 Å². The zero-order valence-electron chi connectivity index (χ0n) is 12.2. The molecule has 1 heterocycles. The Morgan fingerprint density at radius 3 is 2.32 bits per heavy atom. The van der Waals surface area contributed by atoms with Crippen LogP contribution < -0.4 is 9.80 Å². The zero-order chi connectivity index (χ0) is 15.5. The molecule has 22 heavy (non-hydrogen) atoms. The van der Waals surface area contributed by atoms with Gasteiger partial charge in [-0.2, -0.15) is 0 Å². The van der Waals surface area contributed by atoms with E-state index >= 15 is 0 Å². The number of piperazine rings is 1. The first-order valence-corrected chi connectivity index (χ1v) is 7.77.